The number of fused-ring (bicyclic) bond motifs is 1. The number of rotatable bonds is 5. The van der Waals surface area contributed by atoms with E-state index in [1.807, 2.05) is 11.8 Å². The summed E-state index contributed by atoms with van der Waals surface area (Å²) in [4.78, 5) is 23.3. The maximum atomic E-state index is 12.9. The minimum atomic E-state index is -0.0703. The predicted octanol–water partition coefficient (Wildman–Crippen LogP) is 2.22. The van der Waals surface area contributed by atoms with Gasteiger partial charge in [-0.05, 0) is 44.9 Å². The molecular formula is C19H27N3O3. The van der Waals surface area contributed by atoms with Crippen LogP contribution in [0.3, 0.4) is 0 Å². The smallest absolute Gasteiger partial charge is 0.274 e. The molecule has 2 aliphatic heterocycles. The number of hydrogen-bond donors (Lipinski definition) is 0. The van der Waals surface area contributed by atoms with Crippen LogP contribution < -0.4 is 0 Å². The van der Waals surface area contributed by atoms with Crippen molar-refractivity contribution in [3.05, 3.63) is 23.8 Å². The number of aromatic nitrogens is 2. The van der Waals surface area contributed by atoms with E-state index in [1.165, 1.54) is 12.8 Å². The minimum absolute atomic E-state index is 0.0295. The van der Waals surface area contributed by atoms with Crippen LogP contribution in [0.15, 0.2) is 12.4 Å². The third kappa shape index (κ3) is 3.70. The fourth-order valence-corrected chi connectivity index (χ4v) is 4.05. The Balaban J connectivity index is 1.46. The van der Waals surface area contributed by atoms with Crippen LogP contribution in [0.1, 0.15) is 48.3 Å². The van der Waals surface area contributed by atoms with Gasteiger partial charge in [0.2, 0.25) is 0 Å². The van der Waals surface area contributed by atoms with Crippen LogP contribution in [0.4, 0.5) is 0 Å². The molecule has 0 spiro atoms. The van der Waals surface area contributed by atoms with Gasteiger partial charge in [-0.1, -0.05) is 0 Å². The highest BCUT2D eigenvalue weighted by Crippen LogP contribution is 2.41. The molecule has 6 heteroatoms. The highest BCUT2D eigenvalue weighted by molar-refractivity contribution is 5.92. The first-order chi connectivity index (χ1) is 12.2. The highest BCUT2D eigenvalue weighted by Gasteiger charge is 2.47. The number of hydrogen-bond acceptors (Lipinski definition) is 5. The maximum Gasteiger partial charge on any atom is 0.274 e. The SMILES string of the molecule is Cc1cnc(C(=O)N2CC[C@@H]3OCCC[C@]3(COCC3CC3)C2)cn1. The molecular weight excluding hydrogens is 318 g/mol. The number of piperidine rings is 1. The molecule has 136 valence electrons. The second-order valence-electron chi connectivity index (χ2n) is 7.84. The zero-order chi connectivity index (χ0) is 17.3. The predicted molar refractivity (Wildman–Crippen MR) is 92.2 cm³/mol. The van der Waals surface area contributed by atoms with E-state index in [-0.39, 0.29) is 17.4 Å². The molecule has 3 fully saturated rings. The maximum absolute atomic E-state index is 12.9. The lowest BCUT2D eigenvalue weighted by atomic mass is 9.73. The van der Waals surface area contributed by atoms with E-state index >= 15 is 0 Å². The zero-order valence-corrected chi connectivity index (χ0v) is 14.9. The summed E-state index contributed by atoms with van der Waals surface area (Å²) in [6, 6.07) is 0. The lowest BCUT2D eigenvalue weighted by Gasteiger charge is -2.50. The lowest BCUT2D eigenvalue weighted by molar-refractivity contribution is -0.147. The van der Waals surface area contributed by atoms with E-state index in [0.29, 0.717) is 25.4 Å². The van der Waals surface area contributed by atoms with Crippen LogP contribution in [0.2, 0.25) is 0 Å². The van der Waals surface area contributed by atoms with Crippen molar-refractivity contribution >= 4 is 5.91 Å². The van der Waals surface area contributed by atoms with E-state index in [2.05, 4.69) is 9.97 Å². The number of ether oxygens (including phenoxy) is 2. The number of nitrogens with zero attached hydrogens (tertiary/aromatic N) is 3. The van der Waals surface area contributed by atoms with Crippen molar-refractivity contribution in [3.8, 4) is 0 Å². The molecule has 1 saturated carbocycles. The van der Waals surface area contributed by atoms with Gasteiger partial charge < -0.3 is 14.4 Å². The molecule has 0 aromatic carbocycles. The first kappa shape index (κ1) is 16.9. The molecule has 0 bridgehead atoms. The molecule has 0 radical (unpaired) electrons. The van der Waals surface area contributed by atoms with Crippen molar-refractivity contribution < 1.29 is 14.3 Å². The number of carbonyl (C=O) groups excluding carboxylic acids is 1. The Morgan fingerprint density at radius 1 is 1.36 bits per heavy atom. The van der Waals surface area contributed by atoms with Gasteiger partial charge in [0, 0.05) is 37.9 Å². The van der Waals surface area contributed by atoms with Crippen molar-refractivity contribution in [2.45, 2.75) is 45.1 Å². The Labute approximate surface area is 148 Å². The lowest BCUT2D eigenvalue weighted by Crippen LogP contribution is -2.58. The Kier molecular flexibility index (Phi) is 4.73. The molecule has 1 amide bonds. The molecule has 1 aliphatic carbocycles. The first-order valence-corrected chi connectivity index (χ1v) is 9.44. The van der Waals surface area contributed by atoms with Crippen LogP contribution in [0.5, 0.6) is 0 Å². The van der Waals surface area contributed by atoms with Gasteiger partial charge in [-0.2, -0.15) is 0 Å². The standard InChI is InChI=1S/C19H27N3O3/c1-14-9-21-16(10-20-14)18(23)22-7-5-17-19(12-22,6-2-8-25-17)13-24-11-15-3-4-15/h9-10,15,17H,2-8,11-13H2,1H3/t17-,19+/m0/s1. The van der Waals surface area contributed by atoms with Crippen molar-refractivity contribution in [1.82, 2.24) is 14.9 Å². The van der Waals surface area contributed by atoms with Crippen LogP contribution >= 0.6 is 0 Å². The number of aryl methyl sites for hydroxylation is 1. The fourth-order valence-electron chi connectivity index (χ4n) is 4.05. The van der Waals surface area contributed by atoms with Crippen molar-refractivity contribution in [3.63, 3.8) is 0 Å². The van der Waals surface area contributed by atoms with Gasteiger partial charge in [-0.3, -0.25) is 9.78 Å². The monoisotopic (exact) mass is 345 g/mol. The number of likely N-dealkylation sites (tertiary alicyclic amines) is 1. The van der Waals surface area contributed by atoms with Crippen LogP contribution in [0, 0.1) is 18.3 Å². The summed E-state index contributed by atoms with van der Waals surface area (Å²) in [5.74, 6) is 0.724. The van der Waals surface area contributed by atoms with E-state index in [4.69, 9.17) is 9.47 Å². The zero-order valence-electron chi connectivity index (χ0n) is 14.9. The second kappa shape index (κ2) is 7.00. The second-order valence-corrected chi connectivity index (χ2v) is 7.84. The molecule has 3 aliphatic rings. The van der Waals surface area contributed by atoms with Gasteiger partial charge >= 0.3 is 0 Å². The number of amides is 1. The third-order valence-electron chi connectivity index (χ3n) is 5.72. The Bertz CT molecular complexity index is 617. The van der Waals surface area contributed by atoms with E-state index in [0.717, 1.165) is 44.1 Å². The largest absolute Gasteiger partial charge is 0.380 e. The molecule has 1 aromatic rings. The Morgan fingerprint density at radius 2 is 2.24 bits per heavy atom. The molecule has 3 heterocycles. The first-order valence-electron chi connectivity index (χ1n) is 9.44. The van der Waals surface area contributed by atoms with Crippen molar-refractivity contribution in [2.75, 3.05) is 32.9 Å². The topological polar surface area (TPSA) is 64.6 Å². The summed E-state index contributed by atoms with van der Waals surface area (Å²) >= 11 is 0. The molecule has 6 nitrogen and oxygen atoms in total. The molecule has 0 N–H and O–H groups in total. The summed E-state index contributed by atoms with van der Waals surface area (Å²) in [5.41, 5.74) is 1.18. The van der Waals surface area contributed by atoms with E-state index < -0.39 is 0 Å². The van der Waals surface area contributed by atoms with Crippen LogP contribution in [-0.2, 0) is 9.47 Å². The van der Waals surface area contributed by atoms with Gasteiger partial charge in [-0.25, -0.2) is 4.98 Å². The van der Waals surface area contributed by atoms with Gasteiger partial charge in [-0.15, -0.1) is 0 Å². The minimum Gasteiger partial charge on any atom is -0.380 e. The van der Waals surface area contributed by atoms with E-state index in [1.54, 1.807) is 12.4 Å². The summed E-state index contributed by atoms with van der Waals surface area (Å²) in [7, 11) is 0. The summed E-state index contributed by atoms with van der Waals surface area (Å²) in [6.07, 6.45) is 9.00. The molecule has 2 saturated heterocycles. The summed E-state index contributed by atoms with van der Waals surface area (Å²) < 4.78 is 12.1. The molecule has 25 heavy (non-hydrogen) atoms. The van der Waals surface area contributed by atoms with Gasteiger partial charge in [0.15, 0.2) is 0 Å². The summed E-state index contributed by atoms with van der Waals surface area (Å²) in [5, 5.41) is 0. The average molecular weight is 345 g/mol. The average Bonchev–Trinajstić information content (AvgIpc) is 3.45. The van der Waals surface area contributed by atoms with Crippen LogP contribution in [0.25, 0.3) is 0 Å². The molecule has 4 rings (SSSR count). The van der Waals surface area contributed by atoms with E-state index in [9.17, 15) is 4.79 Å². The van der Waals surface area contributed by atoms with Gasteiger partial charge in [0.05, 0.1) is 24.6 Å². The molecule has 0 unspecified atom stereocenters. The quantitative estimate of drug-likeness (QED) is 0.819. The molecule has 2 atom stereocenters. The molecule has 1 aromatic heterocycles. The van der Waals surface area contributed by atoms with Crippen molar-refractivity contribution in [2.24, 2.45) is 11.3 Å². The fraction of sp³-hybridized carbons (Fsp3) is 0.737. The third-order valence-corrected chi connectivity index (χ3v) is 5.72. The summed E-state index contributed by atoms with van der Waals surface area (Å²) in [6.45, 7) is 5.65. The Morgan fingerprint density at radius 3 is 3.00 bits per heavy atom. The normalized spacial score (nSPS) is 29.3. The highest BCUT2D eigenvalue weighted by atomic mass is 16.5. The number of carbonyl (C=O) groups is 1. The van der Waals surface area contributed by atoms with Gasteiger partial charge in [0.25, 0.3) is 5.91 Å². The van der Waals surface area contributed by atoms with Crippen LogP contribution in [-0.4, -0.2) is 59.8 Å². The van der Waals surface area contributed by atoms with Gasteiger partial charge in [0.1, 0.15) is 5.69 Å². The van der Waals surface area contributed by atoms with Crippen molar-refractivity contribution in [1.29, 1.82) is 0 Å². The Hall–Kier alpha value is -1.53.